The van der Waals surface area contributed by atoms with E-state index in [2.05, 4.69) is 10.4 Å². The second kappa shape index (κ2) is 8.34. The normalized spacial score (nSPS) is 18.2. The average molecular weight is 406 g/mol. The lowest BCUT2D eigenvalue weighted by Crippen LogP contribution is -2.27. The molecule has 1 amide bonds. The van der Waals surface area contributed by atoms with E-state index in [1.807, 2.05) is 38.1 Å². The third-order valence-electron chi connectivity index (χ3n) is 5.28. The molecule has 0 saturated carbocycles. The van der Waals surface area contributed by atoms with Crippen LogP contribution >= 0.6 is 0 Å². The zero-order valence-corrected chi connectivity index (χ0v) is 17.4. The van der Waals surface area contributed by atoms with Gasteiger partial charge in [0.1, 0.15) is 5.75 Å². The third-order valence-corrected chi connectivity index (χ3v) is 7.03. The highest BCUT2D eigenvalue weighted by molar-refractivity contribution is 7.91. The van der Waals surface area contributed by atoms with Crippen molar-refractivity contribution in [2.45, 2.75) is 39.2 Å². The predicted molar refractivity (Wildman–Crippen MR) is 107 cm³/mol. The van der Waals surface area contributed by atoms with E-state index >= 15 is 0 Å². The minimum atomic E-state index is -2.98. The molecule has 0 bridgehead atoms. The Morgan fingerprint density at radius 1 is 1.32 bits per heavy atom. The zero-order valence-electron chi connectivity index (χ0n) is 16.6. The number of aryl methyl sites for hydroxylation is 1. The highest BCUT2D eigenvalue weighted by Gasteiger charge is 2.31. The van der Waals surface area contributed by atoms with Gasteiger partial charge < -0.3 is 10.1 Å². The first-order chi connectivity index (χ1) is 13.3. The molecule has 0 spiro atoms. The number of methoxy groups -OCH3 is 1. The molecule has 1 saturated heterocycles. The SMILES string of the molecule is COc1ccccc1CCNC(=O)Cc1c(C)nn(C2CCS(=O)(=O)C2)c1C. The number of amides is 1. The number of carbonyl (C=O) groups is 1. The number of benzene rings is 1. The molecule has 0 radical (unpaired) electrons. The van der Waals surface area contributed by atoms with Gasteiger partial charge in [-0.05, 0) is 38.3 Å². The zero-order chi connectivity index (χ0) is 20.3. The molecule has 1 aliphatic heterocycles. The Morgan fingerprint density at radius 3 is 2.75 bits per heavy atom. The maximum atomic E-state index is 12.4. The van der Waals surface area contributed by atoms with Gasteiger partial charge in [-0.15, -0.1) is 0 Å². The summed E-state index contributed by atoms with van der Waals surface area (Å²) in [6.45, 7) is 4.29. The molecule has 7 nitrogen and oxygen atoms in total. The second-order valence-electron chi connectivity index (χ2n) is 7.24. The topological polar surface area (TPSA) is 90.3 Å². The molecule has 1 aromatic heterocycles. The summed E-state index contributed by atoms with van der Waals surface area (Å²) in [5.74, 6) is 1.07. The summed E-state index contributed by atoms with van der Waals surface area (Å²) in [4.78, 5) is 12.4. The largest absolute Gasteiger partial charge is 0.496 e. The van der Waals surface area contributed by atoms with Crippen LogP contribution in [-0.4, -0.2) is 49.3 Å². The summed E-state index contributed by atoms with van der Waals surface area (Å²) in [5, 5.41) is 7.47. The first kappa shape index (κ1) is 20.4. The molecule has 2 heterocycles. The number of nitrogens with one attached hydrogen (secondary N) is 1. The van der Waals surface area contributed by atoms with E-state index in [1.165, 1.54) is 0 Å². The molecule has 1 atom stereocenters. The highest BCUT2D eigenvalue weighted by Crippen LogP contribution is 2.27. The van der Waals surface area contributed by atoms with Crippen molar-refractivity contribution in [3.8, 4) is 5.75 Å². The number of hydrogen-bond donors (Lipinski definition) is 1. The maximum Gasteiger partial charge on any atom is 0.224 e. The van der Waals surface area contributed by atoms with E-state index in [-0.39, 0.29) is 29.9 Å². The molecule has 1 N–H and O–H groups in total. The van der Waals surface area contributed by atoms with Crippen molar-refractivity contribution in [3.05, 3.63) is 46.8 Å². The second-order valence-corrected chi connectivity index (χ2v) is 9.47. The number of hydrogen-bond acceptors (Lipinski definition) is 5. The fourth-order valence-electron chi connectivity index (χ4n) is 3.75. The van der Waals surface area contributed by atoms with Gasteiger partial charge in [0.15, 0.2) is 9.84 Å². The third kappa shape index (κ3) is 4.55. The Hall–Kier alpha value is -2.35. The van der Waals surface area contributed by atoms with Gasteiger partial charge in [0.25, 0.3) is 0 Å². The van der Waals surface area contributed by atoms with E-state index < -0.39 is 9.84 Å². The quantitative estimate of drug-likeness (QED) is 0.758. The molecular formula is C20H27N3O4S. The number of nitrogens with zero attached hydrogens (tertiary/aromatic N) is 2. The molecular weight excluding hydrogens is 378 g/mol. The van der Waals surface area contributed by atoms with Gasteiger partial charge in [0.05, 0.1) is 36.8 Å². The van der Waals surface area contributed by atoms with E-state index in [9.17, 15) is 13.2 Å². The summed E-state index contributed by atoms with van der Waals surface area (Å²) >= 11 is 0. The molecule has 1 unspecified atom stereocenters. The standard InChI is InChI=1S/C20H27N3O4S/c1-14-18(15(2)23(22-14)17-9-11-28(25,26)13-17)12-20(24)21-10-8-16-6-4-5-7-19(16)27-3/h4-7,17H,8-13H2,1-3H3,(H,21,24). The van der Waals surface area contributed by atoms with E-state index in [4.69, 9.17) is 4.74 Å². The number of aromatic nitrogens is 2. The molecule has 2 aromatic rings. The van der Waals surface area contributed by atoms with E-state index in [1.54, 1.807) is 11.8 Å². The van der Waals surface area contributed by atoms with Crippen LogP contribution in [0.25, 0.3) is 0 Å². The van der Waals surface area contributed by atoms with Gasteiger partial charge in [-0.1, -0.05) is 18.2 Å². The Labute approximate surface area is 166 Å². The summed E-state index contributed by atoms with van der Waals surface area (Å²) in [7, 11) is -1.35. The van der Waals surface area contributed by atoms with Crippen molar-refractivity contribution >= 4 is 15.7 Å². The van der Waals surface area contributed by atoms with Crippen molar-refractivity contribution < 1.29 is 17.9 Å². The van der Waals surface area contributed by atoms with Gasteiger partial charge in [-0.2, -0.15) is 5.10 Å². The van der Waals surface area contributed by atoms with Crippen molar-refractivity contribution in [2.24, 2.45) is 0 Å². The van der Waals surface area contributed by atoms with Crippen LogP contribution in [0.3, 0.4) is 0 Å². The van der Waals surface area contributed by atoms with Crippen LogP contribution in [0.15, 0.2) is 24.3 Å². The Kier molecular flexibility index (Phi) is 6.07. The summed E-state index contributed by atoms with van der Waals surface area (Å²) in [6.07, 6.45) is 1.50. The predicted octanol–water partition coefficient (Wildman–Crippen LogP) is 1.77. The lowest BCUT2D eigenvalue weighted by atomic mass is 10.1. The summed E-state index contributed by atoms with van der Waals surface area (Å²) in [6, 6.07) is 7.62. The number of rotatable bonds is 7. The summed E-state index contributed by atoms with van der Waals surface area (Å²) < 4.78 is 30.6. The molecule has 8 heteroatoms. The van der Waals surface area contributed by atoms with E-state index in [0.717, 1.165) is 28.3 Å². The van der Waals surface area contributed by atoms with Crippen molar-refractivity contribution in [2.75, 3.05) is 25.2 Å². The molecule has 0 aliphatic carbocycles. The number of sulfone groups is 1. The minimum absolute atomic E-state index is 0.0697. The first-order valence-corrected chi connectivity index (χ1v) is 11.3. The molecule has 3 rings (SSSR count). The summed E-state index contributed by atoms with van der Waals surface area (Å²) in [5.41, 5.74) is 3.58. The van der Waals surface area contributed by atoms with Crippen LogP contribution in [0, 0.1) is 13.8 Å². The van der Waals surface area contributed by atoms with Crippen molar-refractivity contribution in [1.29, 1.82) is 0 Å². The minimum Gasteiger partial charge on any atom is -0.496 e. The van der Waals surface area contributed by atoms with Crippen LogP contribution < -0.4 is 10.1 Å². The molecule has 152 valence electrons. The fourth-order valence-corrected chi connectivity index (χ4v) is 5.44. The van der Waals surface area contributed by atoms with Gasteiger partial charge in [0, 0.05) is 17.8 Å². The van der Waals surface area contributed by atoms with Gasteiger partial charge in [0.2, 0.25) is 5.91 Å². The number of para-hydroxylation sites is 1. The van der Waals surface area contributed by atoms with Crippen LogP contribution in [-0.2, 0) is 27.5 Å². The monoisotopic (exact) mass is 405 g/mol. The van der Waals surface area contributed by atoms with Crippen LogP contribution in [0.1, 0.15) is 35.0 Å². The van der Waals surface area contributed by atoms with Crippen LogP contribution in [0.4, 0.5) is 0 Å². The Bertz CT molecular complexity index is 966. The average Bonchev–Trinajstić information content (AvgIpc) is 3.15. The molecule has 1 aliphatic rings. The maximum absolute atomic E-state index is 12.4. The smallest absolute Gasteiger partial charge is 0.224 e. The Morgan fingerprint density at radius 2 is 2.07 bits per heavy atom. The highest BCUT2D eigenvalue weighted by atomic mass is 32.2. The van der Waals surface area contributed by atoms with Crippen molar-refractivity contribution in [3.63, 3.8) is 0 Å². The van der Waals surface area contributed by atoms with Crippen molar-refractivity contribution in [1.82, 2.24) is 15.1 Å². The van der Waals surface area contributed by atoms with Crippen LogP contribution in [0.2, 0.25) is 0 Å². The lowest BCUT2D eigenvalue weighted by molar-refractivity contribution is -0.120. The van der Waals surface area contributed by atoms with Gasteiger partial charge in [-0.3, -0.25) is 9.48 Å². The van der Waals surface area contributed by atoms with Gasteiger partial charge >= 0.3 is 0 Å². The number of carbonyl (C=O) groups excluding carboxylic acids is 1. The van der Waals surface area contributed by atoms with Crippen LogP contribution in [0.5, 0.6) is 5.75 Å². The number of ether oxygens (including phenoxy) is 1. The Balaban J connectivity index is 1.60. The molecule has 28 heavy (non-hydrogen) atoms. The molecule has 1 aromatic carbocycles. The lowest BCUT2D eigenvalue weighted by Gasteiger charge is -2.12. The molecule has 1 fully saturated rings. The fraction of sp³-hybridized carbons (Fsp3) is 0.500. The van der Waals surface area contributed by atoms with E-state index in [0.29, 0.717) is 19.4 Å². The first-order valence-electron chi connectivity index (χ1n) is 9.44. The van der Waals surface area contributed by atoms with Gasteiger partial charge in [-0.25, -0.2) is 8.42 Å².